The smallest absolute Gasteiger partial charge is 0.283 e. The molecule has 0 saturated carbocycles. The average molecular weight is 463 g/mol. The predicted octanol–water partition coefficient (Wildman–Crippen LogP) is 2.09. The van der Waals surface area contributed by atoms with E-state index in [1.807, 2.05) is 24.3 Å². The van der Waals surface area contributed by atoms with Gasteiger partial charge in [0.2, 0.25) is 5.03 Å². The van der Waals surface area contributed by atoms with Crippen molar-refractivity contribution < 1.29 is 13.2 Å². The van der Waals surface area contributed by atoms with E-state index in [0.717, 1.165) is 5.69 Å². The van der Waals surface area contributed by atoms with E-state index < -0.39 is 15.9 Å². The molecule has 11 heteroatoms. The molecule has 4 rings (SSSR count). The summed E-state index contributed by atoms with van der Waals surface area (Å²) >= 11 is 6.28. The van der Waals surface area contributed by atoms with Crippen molar-refractivity contribution in [3.8, 4) is 0 Å². The fourth-order valence-electron chi connectivity index (χ4n) is 3.75. The van der Waals surface area contributed by atoms with Crippen LogP contribution in [0.2, 0.25) is 5.02 Å². The van der Waals surface area contributed by atoms with Gasteiger partial charge < -0.3 is 4.90 Å². The number of aryl methyl sites for hydroxylation is 3. The Hall–Kier alpha value is -2.69. The van der Waals surface area contributed by atoms with Crippen molar-refractivity contribution in [1.29, 1.82) is 0 Å². The Bertz CT molecular complexity index is 1240. The minimum Gasteiger partial charge on any atom is -0.368 e. The average Bonchev–Trinajstić information content (AvgIpc) is 3.30. The summed E-state index contributed by atoms with van der Waals surface area (Å²) < 4.78 is 30.7. The minimum atomic E-state index is -3.97. The first-order valence-corrected chi connectivity index (χ1v) is 11.6. The zero-order valence-electron chi connectivity index (χ0n) is 17.5. The largest absolute Gasteiger partial charge is 0.368 e. The Morgan fingerprint density at radius 1 is 1.06 bits per heavy atom. The standard InChI is InChI=1S/C20H23ClN6O3S/c1-14-12-15(2)27(22-14)20(28)16-13-24(3)23-19(16)31(29,30)26-10-8-25(9-11-26)18-7-5-4-6-17(18)21/h4-7,12-13H,8-11H2,1-3H3. The third-order valence-electron chi connectivity index (χ3n) is 5.24. The molecule has 1 fully saturated rings. The molecule has 31 heavy (non-hydrogen) atoms. The normalized spacial score (nSPS) is 15.4. The predicted molar refractivity (Wildman–Crippen MR) is 117 cm³/mol. The molecular formula is C20H23ClN6O3S. The van der Waals surface area contributed by atoms with E-state index in [1.54, 1.807) is 27.0 Å². The second-order valence-electron chi connectivity index (χ2n) is 7.51. The Balaban J connectivity index is 1.60. The molecule has 0 N–H and O–H groups in total. The van der Waals surface area contributed by atoms with Crippen LogP contribution >= 0.6 is 11.6 Å². The van der Waals surface area contributed by atoms with Gasteiger partial charge in [-0.25, -0.2) is 13.1 Å². The molecule has 1 aromatic carbocycles. The lowest BCUT2D eigenvalue weighted by Gasteiger charge is -2.35. The van der Waals surface area contributed by atoms with E-state index in [0.29, 0.717) is 29.5 Å². The van der Waals surface area contributed by atoms with Crippen LogP contribution in [0.25, 0.3) is 0 Å². The van der Waals surface area contributed by atoms with Crippen LogP contribution in [0.3, 0.4) is 0 Å². The number of piperazine rings is 1. The van der Waals surface area contributed by atoms with Crippen molar-refractivity contribution in [3.63, 3.8) is 0 Å². The zero-order chi connectivity index (χ0) is 22.3. The van der Waals surface area contributed by atoms with Crippen molar-refractivity contribution in [3.05, 3.63) is 58.5 Å². The molecule has 3 heterocycles. The van der Waals surface area contributed by atoms with Gasteiger partial charge in [-0.2, -0.15) is 14.5 Å². The van der Waals surface area contributed by atoms with Gasteiger partial charge in [-0.15, -0.1) is 0 Å². The number of hydrogen-bond donors (Lipinski definition) is 0. The summed E-state index contributed by atoms with van der Waals surface area (Å²) in [5.41, 5.74) is 2.18. The van der Waals surface area contributed by atoms with Crippen molar-refractivity contribution >= 4 is 33.2 Å². The number of benzene rings is 1. The highest BCUT2D eigenvalue weighted by atomic mass is 35.5. The summed E-state index contributed by atoms with van der Waals surface area (Å²) in [6.45, 7) is 5.01. The third-order valence-corrected chi connectivity index (χ3v) is 7.40. The van der Waals surface area contributed by atoms with Crippen molar-refractivity contribution in [2.45, 2.75) is 18.9 Å². The van der Waals surface area contributed by atoms with Gasteiger partial charge in [0.05, 0.1) is 16.4 Å². The molecule has 164 valence electrons. The maximum atomic E-state index is 13.4. The van der Waals surface area contributed by atoms with Crippen LogP contribution in [0.15, 0.2) is 41.6 Å². The summed E-state index contributed by atoms with van der Waals surface area (Å²) in [5.74, 6) is -0.521. The molecule has 2 aromatic heterocycles. The van der Waals surface area contributed by atoms with Gasteiger partial charge in [0, 0.05) is 45.1 Å². The molecule has 0 aliphatic carbocycles. The van der Waals surface area contributed by atoms with Gasteiger partial charge >= 0.3 is 0 Å². The molecular weight excluding hydrogens is 440 g/mol. The number of sulfonamides is 1. The molecule has 0 bridgehead atoms. The first-order chi connectivity index (χ1) is 14.7. The van der Waals surface area contributed by atoms with E-state index in [4.69, 9.17) is 11.6 Å². The van der Waals surface area contributed by atoms with Gasteiger partial charge in [-0.1, -0.05) is 23.7 Å². The molecule has 0 amide bonds. The van der Waals surface area contributed by atoms with Gasteiger partial charge in [0.1, 0.15) is 5.56 Å². The number of anilines is 1. The van der Waals surface area contributed by atoms with Gasteiger partial charge in [-0.3, -0.25) is 9.48 Å². The summed E-state index contributed by atoms with van der Waals surface area (Å²) in [4.78, 5) is 15.1. The number of nitrogens with zero attached hydrogens (tertiary/aromatic N) is 6. The lowest BCUT2D eigenvalue weighted by Crippen LogP contribution is -2.49. The molecule has 0 spiro atoms. The van der Waals surface area contributed by atoms with Crippen LogP contribution < -0.4 is 4.90 Å². The Labute approximate surface area is 185 Å². The number of hydrogen-bond acceptors (Lipinski definition) is 6. The molecule has 0 radical (unpaired) electrons. The van der Waals surface area contributed by atoms with Crippen LogP contribution in [0.4, 0.5) is 5.69 Å². The third kappa shape index (κ3) is 3.98. The quantitative estimate of drug-likeness (QED) is 0.589. The van der Waals surface area contributed by atoms with Gasteiger partial charge in [0.15, 0.2) is 0 Å². The number of rotatable bonds is 4. The first kappa shape index (κ1) is 21.5. The summed E-state index contributed by atoms with van der Waals surface area (Å²) in [5, 5.41) is 8.68. The van der Waals surface area contributed by atoms with Crippen LogP contribution in [0, 0.1) is 13.8 Å². The zero-order valence-corrected chi connectivity index (χ0v) is 19.1. The summed E-state index contributed by atoms with van der Waals surface area (Å²) in [6, 6.07) is 9.24. The first-order valence-electron chi connectivity index (χ1n) is 9.79. The molecule has 1 saturated heterocycles. The van der Waals surface area contributed by atoms with E-state index >= 15 is 0 Å². The minimum absolute atomic E-state index is 0.00207. The highest BCUT2D eigenvalue weighted by Crippen LogP contribution is 2.28. The van der Waals surface area contributed by atoms with Crippen LogP contribution in [0.5, 0.6) is 0 Å². The van der Waals surface area contributed by atoms with E-state index in [9.17, 15) is 13.2 Å². The number of carbonyl (C=O) groups is 1. The monoisotopic (exact) mass is 462 g/mol. The fourth-order valence-corrected chi connectivity index (χ4v) is 5.55. The molecule has 1 aliphatic rings. The Morgan fingerprint density at radius 2 is 1.74 bits per heavy atom. The van der Waals surface area contributed by atoms with Crippen LogP contribution in [0.1, 0.15) is 21.7 Å². The second kappa shape index (κ2) is 8.10. The maximum Gasteiger partial charge on any atom is 0.283 e. The maximum absolute atomic E-state index is 13.4. The molecule has 0 unspecified atom stereocenters. The van der Waals surface area contributed by atoms with Crippen molar-refractivity contribution in [2.75, 3.05) is 31.1 Å². The van der Waals surface area contributed by atoms with Gasteiger partial charge in [0.25, 0.3) is 15.9 Å². The van der Waals surface area contributed by atoms with Crippen LogP contribution in [-0.2, 0) is 17.1 Å². The Kier molecular flexibility index (Phi) is 5.63. The lowest BCUT2D eigenvalue weighted by molar-refractivity contribution is 0.0938. The van der Waals surface area contributed by atoms with Crippen molar-refractivity contribution in [1.82, 2.24) is 23.9 Å². The summed E-state index contributed by atoms with van der Waals surface area (Å²) in [6.07, 6.45) is 1.42. The van der Waals surface area contributed by atoms with Crippen LogP contribution in [-0.4, -0.2) is 64.4 Å². The molecule has 0 atom stereocenters. The highest BCUT2D eigenvalue weighted by molar-refractivity contribution is 7.89. The number of aromatic nitrogens is 4. The van der Waals surface area contributed by atoms with Gasteiger partial charge in [-0.05, 0) is 32.0 Å². The van der Waals surface area contributed by atoms with E-state index in [1.165, 1.54) is 19.9 Å². The highest BCUT2D eigenvalue weighted by Gasteiger charge is 2.35. The second-order valence-corrected chi connectivity index (χ2v) is 9.77. The van der Waals surface area contributed by atoms with Crippen molar-refractivity contribution in [2.24, 2.45) is 7.05 Å². The lowest BCUT2D eigenvalue weighted by atomic mass is 10.2. The van der Waals surface area contributed by atoms with E-state index in [2.05, 4.69) is 15.1 Å². The number of para-hydroxylation sites is 1. The molecule has 3 aromatic rings. The number of halogens is 1. The molecule has 1 aliphatic heterocycles. The molecule has 9 nitrogen and oxygen atoms in total. The topological polar surface area (TPSA) is 93.3 Å². The van der Waals surface area contributed by atoms with E-state index in [-0.39, 0.29) is 23.7 Å². The Morgan fingerprint density at radius 3 is 2.35 bits per heavy atom. The fraction of sp³-hybridized carbons (Fsp3) is 0.350. The summed E-state index contributed by atoms with van der Waals surface area (Å²) in [7, 11) is -2.38. The number of carbonyl (C=O) groups excluding carboxylic acids is 1. The SMILES string of the molecule is Cc1cc(C)n(C(=O)c2cn(C)nc2S(=O)(=O)N2CCN(c3ccccc3Cl)CC2)n1.